The number of aliphatic hydroxyl groups excluding tert-OH is 1. The van der Waals surface area contributed by atoms with E-state index >= 15 is 0 Å². The molecular weight excluding hydrogens is 508 g/mol. The van der Waals surface area contributed by atoms with Crippen LogP contribution >= 0.6 is 23.4 Å². The van der Waals surface area contributed by atoms with Crippen LogP contribution in [0.5, 0.6) is 11.6 Å². The van der Waals surface area contributed by atoms with Crippen molar-refractivity contribution in [1.82, 2.24) is 15.0 Å². The first-order chi connectivity index (χ1) is 17.8. The second-order valence-corrected chi connectivity index (χ2v) is 10.3. The van der Waals surface area contributed by atoms with Crippen molar-refractivity contribution in [2.24, 2.45) is 0 Å². The highest BCUT2D eigenvalue weighted by atomic mass is 35.5. The summed E-state index contributed by atoms with van der Waals surface area (Å²) in [7, 11) is 0. The summed E-state index contributed by atoms with van der Waals surface area (Å²) in [6, 6.07) is 13.2. The number of fused-ring (bicyclic) bond motifs is 2. The number of ether oxygens (including phenoxy) is 1. The number of hydrogen-bond donors (Lipinski definition) is 2. The molecule has 188 valence electrons. The van der Waals surface area contributed by atoms with Crippen molar-refractivity contribution in [2.75, 3.05) is 11.1 Å². The van der Waals surface area contributed by atoms with Crippen molar-refractivity contribution in [3.05, 3.63) is 87.2 Å². The van der Waals surface area contributed by atoms with Crippen molar-refractivity contribution < 1.29 is 14.6 Å². The summed E-state index contributed by atoms with van der Waals surface area (Å²) in [5, 5.41) is 14.1. The Balaban J connectivity index is 1.49. The van der Waals surface area contributed by atoms with Gasteiger partial charge in [0.05, 0.1) is 23.6 Å². The molecule has 0 saturated heterocycles. The van der Waals surface area contributed by atoms with E-state index in [9.17, 15) is 9.90 Å². The molecule has 2 aromatic heterocycles. The van der Waals surface area contributed by atoms with Gasteiger partial charge in [0.25, 0.3) is 0 Å². The van der Waals surface area contributed by atoms with Gasteiger partial charge in [-0.1, -0.05) is 35.5 Å². The van der Waals surface area contributed by atoms with Crippen LogP contribution in [0.3, 0.4) is 0 Å². The molecule has 0 unspecified atom stereocenters. The van der Waals surface area contributed by atoms with Crippen molar-refractivity contribution in [1.29, 1.82) is 0 Å². The number of rotatable bonds is 6. The van der Waals surface area contributed by atoms with Crippen molar-refractivity contribution in [3.63, 3.8) is 0 Å². The van der Waals surface area contributed by atoms with Crippen LogP contribution < -0.4 is 10.1 Å². The third kappa shape index (κ3) is 5.32. The molecule has 0 fully saturated rings. The minimum atomic E-state index is -0.154. The van der Waals surface area contributed by atoms with Gasteiger partial charge >= 0.3 is 0 Å². The monoisotopic (exact) mass is 532 g/mol. The number of anilines is 1. The lowest BCUT2D eigenvalue weighted by Crippen LogP contribution is -2.16. The van der Waals surface area contributed by atoms with Crippen LogP contribution in [0.1, 0.15) is 33.5 Å². The van der Waals surface area contributed by atoms with Crippen LogP contribution in [-0.4, -0.2) is 31.7 Å². The molecule has 0 aliphatic carbocycles. The number of carbonyl (C=O) groups is 1. The third-order valence-electron chi connectivity index (χ3n) is 6.17. The summed E-state index contributed by atoms with van der Waals surface area (Å²) in [5.41, 5.74) is 6.68. The van der Waals surface area contributed by atoms with E-state index in [1.165, 1.54) is 11.8 Å². The first-order valence-corrected chi connectivity index (χ1v) is 13.1. The zero-order chi connectivity index (χ0) is 26.1. The zero-order valence-corrected chi connectivity index (χ0v) is 22.2. The minimum absolute atomic E-state index is 0.132. The highest BCUT2D eigenvalue weighted by molar-refractivity contribution is 8.00. The number of aromatic nitrogens is 3. The fourth-order valence-electron chi connectivity index (χ4n) is 4.13. The molecule has 1 amide bonds. The van der Waals surface area contributed by atoms with E-state index in [0.717, 1.165) is 33.5 Å². The summed E-state index contributed by atoms with van der Waals surface area (Å²) in [6.45, 7) is 5.66. The van der Waals surface area contributed by atoms with E-state index in [4.69, 9.17) is 26.3 Å². The molecular formula is C28H25ClN4O3S. The molecule has 1 aliphatic rings. The Morgan fingerprint density at radius 2 is 1.89 bits per heavy atom. The second kappa shape index (κ2) is 10.5. The normalized spacial score (nSPS) is 11.9. The van der Waals surface area contributed by atoms with Gasteiger partial charge < -0.3 is 15.2 Å². The molecule has 4 aromatic rings. The Morgan fingerprint density at radius 1 is 1.11 bits per heavy atom. The Labute approximate surface area is 224 Å². The van der Waals surface area contributed by atoms with E-state index in [1.54, 1.807) is 18.3 Å². The Morgan fingerprint density at radius 3 is 2.65 bits per heavy atom. The number of thioether (sulfide) groups is 1. The molecule has 2 N–H and O–H groups in total. The van der Waals surface area contributed by atoms with Gasteiger partial charge in [0.15, 0.2) is 11.6 Å². The van der Waals surface area contributed by atoms with Crippen LogP contribution in [0.15, 0.2) is 53.7 Å². The number of benzene rings is 2. The van der Waals surface area contributed by atoms with Gasteiger partial charge in [0.1, 0.15) is 5.03 Å². The average molecular weight is 533 g/mol. The van der Waals surface area contributed by atoms with Crippen LogP contribution in [0.4, 0.5) is 5.69 Å². The summed E-state index contributed by atoms with van der Waals surface area (Å²) >= 11 is 7.41. The third-order valence-corrected chi connectivity index (χ3v) is 7.44. The number of pyridine rings is 1. The second-order valence-electron chi connectivity index (χ2n) is 8.91. The molecule has 3 heterocycles. The van der Waals surface area contributed by atoms with Gasteiger partial charge in [0.2, 0.25) is 11.8 Å². The van der Waals surface area contributed by atoms with E-state index < -0.39 is 0 Å². The fourth-order valence-corrected chi connectivity index (χ4v) is 5.08. The van der Waals surface area contributed by atoms with Gasteiger partial charge in [-0.05, 0) is 62.2 Å². The first kappa shape index (κ1) is 25.2. The summed E-state index contributed by atoms with van der Waals surface area (Å²) in [4.78, 5) is 26.8. The number of carbonyl (C=O) groups excluding carboxylic acids is 1. The lowest BCUT2D eigenvalue weighted by molar-refractivity contribution is -0.113. The molecule has 0 atom stereocenters. The zero-order valence-electron chi connectivity index (χ0n) is 20.6. The Bertz CT molecular complexity index is 1510. The average Bonchev–Trinajstić information content (AvgIpc) is 2.89. The Hall–Kier alpha value is -3.46. The van der Waals surface area contributed by atoms with Gasteiger partial charge in [-0.2, -0.15) is 4.98 Å². The van der Waals surface area contributed by atoms with Crippen molar-refractivity contribution >= 4 is 35.0 Å². The molecule has 0 bridgehead atoms. The molecule has 7 nitrogen and oxygen atoms in total. The van der Waals surface area contributed by atoms with E-state index in [0.29, 0.717) is 45.2 Å². The number of aliphatic hydroxyl groups is 1. The van der Waals surface area contributed by atoms with E-state index in [-0.39, 0.29) is 18.3 Å². The van der Waals surface area contributed by atoms with Gasteiger partial charge in [-0.3, -0.25) is 9.78 Å². The molecule has 2 aromatic carbocycles. The predicted molar refractivity (Wildman–Crippen MR) is 146 cm³/mol. The van der Waals surface area contributed by atoms with Crippen LogP contribution in [0, 0.1) is 20.8 Å². The smallest absolute Gasteiger partial charge is 0.234 e. The predicted octanol–water partition coefficient (Wildman–Crippen LogP) is 6.04. The molecule has 0 radical (unpaired) electrons. The van der Waals surface area contributed by atoms with Crippen LogP contribution in [-0.2, 0) is 17.8 Å². The first-order valence-electron chi connectivity index (χ1n) is 11.7. The SMILES string of the molecule is Cc1ccc(C)c(NC(=O)CSc2nc(-c3ccc(Cl)cc3)nc3c2Cc2c(CO)cnc(C)c2O3)c1. The van der Waals surface area contributed by atoms with E-state index in [1.807, 2.05) is 51.1 Å². The lowest BCUT2D eigenvalue weighted by Gasteiger charge is -2.24. The van der Waals surface area contributed by atoms with Crippen molar-refractivity contribution in [2.45, 2.75) is 38.8 Å². The largest absolute Gasteiger partial charge is 0.436 e. The van der Waals surface area contributed by atoms with Gasteiger partial charge in [0, 0.05) is 40.0 Å². The number of aryl methyl sites for hydroxylation is 3. The van der Waals surface area contributed by atoms with Crippen LogP contribution in [0.2, 0.25) is 5.02 Å². The highest BCUT2D eigenvalue weighted by Crippen LogP contribution is 2.42. The summed E-state index contributed by atoms with van der Waals surface area (Å²) in [5.74, 6) is 1.52. The number of nitrogens with one attached hydrogen (secondary N) is 1. The van der Waals surface area contributed by atoms with E-state index in [2.05, 4.69) is 10.3 Å². The maximum absolute atomic E-state index is 12.9. The number of halogens is 1. The highest BCUT2D eigenvalue weighted by Gasteiger charge is 2.28. The number of hydrogen-bond acceptors (Lipinski definition) is 7. The lowest BCUT2D eigenvalue weighted by atomic mass is 9.99. The quantitative estimate of drug-likeness (QED) is 0.203. The summed E-state index contributed by atoms with van der Waals surface area (Å²) in [6.07, 6.45) is 2.13. The molecule has 1 aliphatic heterocycles. The van der Waals surface area contributed by atoms with Gasteiger partial charge in [-0.25, -0.2) is 4.98 Å². The molecule has 9 heteroatoms. The fraction of sp³-hybridized carbons (Fsp3) is 0.214. The number of amides is 1. The molecule has 0 spiro atoms. The topological polar surface area (TPSA) is 97.2 Å². The Kier molecular flexibility index (Phi) is 7.15. The maximum atomic E-state index is 12.9. The van der Waals surface area contributed by atoms with Crippen LogP contribution in [0.25, 0.3) is 11.4 Å². The maximum Gasteiger partial charge on any atom is 0.234 e. The molecule has 5 rings (SSSR count). The standard InChI is InChI=1S/C28H25ClN4O3S/c1-15-4-5-16(2)23(10-15)31-24(35)14-37-28-22-11-21-19(13-34)12-30-17(3)25(21)36-27(22)32-26(33-28)18-6-8-20(29)9-7-18/h4-10,12,34H,11,13-14H2,1-3H3,(H,31,35). The summed E-state index contributed by atoms with van der Waals surface area (Å²) < 4.78 is 6.24. The minimum Gasteiger partial charge on any atom is -0.436 e. The van der Waals surface area contributed by atoms with Gasteiger partial charge in [-0.15, -0.1) is 0 Å². The molecule has 37 heavy (non-hydrogen) atoms. The van der Waals surface area contributed by atoms with Crippen molar-refractivity contribution in [3.8, 4) is 23.0 Å². The number of nitrogens with zero attached hydrogens (tertiary/aromatic N) is 3. The molecule has 0 saturated carbocycles.